The molecule has 1 aliphatic rings. The lowest BCUT2D eigenvalue weighted by atomic mass is 9.70. The average Bonchev–Trinajstić information content (AvgIpc) is 2.25. The van der Waals surface area contributed by atoms with E-state index in [0.717, 1.165) is 19.3 Å². The van der Waals surface area contributed by atoms with Crippen LogP contribution in [0.4, 0.5) is 5.69 Å². The minimum atomic E-state index is -0.632. The predicted molar refractivity (Wildman–Crippen MR) is 67.5 cm³/mol. The van der Waals surface area contributed by atoms with Gasteiger partial charge >= 0.3 is 11.2 Å². The summed E-state index contributed by atoms with van der Waals surface area (Å²) in [4.78, 5) is 21.9. The standard InChI is InChI=1S/C11H14N2O3S/c14-10-9(13(15)16)3-1-6-12(10)7-11(8-17)4-2-5-11/h1,3,6,17H,2,4-5,7-8H2. The van der Waals surface area contributed by atoms with Crippen molar-refractivity contribution < 1.29 is 4.92 Å². The van der Waals surface area contributed by atoms with Gasteiger partial charge in [0.2, 0.25) is 0 Å². The van der Waals surface area contributed by atoms with E-state index in [4.69, 9.17) is 0 Å². The van der Waals surface area contributed by atoms with E-state index in [1.54, 1.807) is 12.3 Å². The molecule has 92 valence electrons. The largest absolute Gasteiger partial charge is 0.334 e. The number of nitro groups is 1. The fraction of sp³-hybridized carbons (Fsp3) is 0.545. The maximum Gasteiger partial charge on any atom is 0.334 e. The zero-order valence-corrected chi connectivity index (χ0v) is 10.2. The van der Waals surface area contributed by atoms with Crippen LogP contribution in [-0.2, 0) is 6.54 Å². The maximum atomic E-state index is 11.8. The van der Waals surface area contributed by atoms with Gasteiger partial charge in [-0.15, -0.1) is 0 Å². The van der Waals surface area contributed by atoms with E-state index in [0.29, 0.717) is 12.3 Å². The van der Waals surface area contributed by atoms with Crippen molar-refractivity contribution in [2.45, 2.75) is 25.8 Å². The Morgan fingerprint density at radius 2 is 2.24 bits per heavy atom. The molecule has 0 amide bonds. The summed E-state index contributed by atoms with van der Waals surface area (Å²) in [6.45, 7) is 0.525. The van der Waals surface area contributed by atoms with Crippen molar-refractivity contribution in [2.75, 3.05) is 5.75 Å². The summed E-state index contributed by atoms with van der Waals surface area (Å²) >= 11 is 4.31. The molecule has 0 N–H and O–H groups in total. The van der Waals surface area contributed by atoms with Crippen molar-refractivity contribution in [1.82, 2.24) is 4.57 Å². The lowest BCUT2D eigenvalue weighted by Gasteiger charge is -2.41. The molecule has 1 saturated carbocycles. The Hall–Kier alpha value is -1.30. The molecule has 1 aromatic heterocycles. The highest BCUT2D eigenvalue weighted by atomic mass is 32.1. The third-order valence-electron chi connectivity index (χ3n) is 3.45. The van der Waals surface area contributed by atoms with Crippen LogP contribution in [0.3, 0.4) is 0 Å². The summed E-state index contributed by atoms with van der Waals surface area (Å²) in [7, 11) is 0. The molecule has 0 radical (unpaired) electrons. The van der Waals surface area contributed by atoms with Gasteiger partial charge in [-0.1, -0.05) is 6.42 Å². The third kappa shape index (κ3) is 2.22. The molecule has 6 heteroatoms. The Kier molecular flexibility index (Phi) is 3.24. The molecule has 17 heavy (non-hydrogen) atoms. The Morgan fingerprint density at radius 1 is 1.53 bits per heavy atom. The molecule has 1 aromatic rings. The topological polar surface area (TPSA) is 65.1 Å². The first-order chi connectivity index (χ1) is 8.08. The quantitative estimate of drug-likeness (QED) is 0.506. The molecule has 0 unspecified atom stereocenters. The average molecular weight is 254 g/mol. The van der Waals surface area contributed by atoms with Crippen molar-refractivity contribution >= 4 is 18.3 Å². The second kappa shape index (κ2) is 4.52. The van der Waals surface area contributed by atoms with Crippen LogP contribution in [0.25, 0.3) is 0 Å². The molecular weight excluding hydrogens is 240 g/mol. The Bertz CT molecular complexity index is 488. The van der Waals surface area contributed by atoms with E-state index in [1.807, 2.05) is 0 Å². The Morgan fingerprint density at radius 3 is 2.71 bits per heavy atom. The molecule has 0 bridgehead atoms. The lowest BCUT2D eigenvalue weighted by molar-refractivity contribution is -0.386. The van der Waals surface area contributed by atoms with Crippen LogP contribution in [0.2, 0.25) is 0 Å². The van der Waals surface area contributed by atoms with Gasteiger partial charge < -0.3 is 4.57 Å². The monoisotopic (exact) mass is 254 g/mol. The fourth-order valence-electron chi connectivity index (χ4n) is 2.19. The number of nitrogens with zero attached hydrogens (tertiary/aromatic N) is 2. The number of pyridine rings is 1. The molecule has 1 fully saturated rings. The summed E-state index contributed by atoms with van der Waals surface area (Å²) in [5.74, 6) is 0.710. The highest BCUT2D eigenvalue weighted by molar-refractivity contribution is 7.80. The number of thiol groups is 1. The van der Waals surface area contributed by atoms with Crippen molar-refractivity contribution in [3.05, 3.63) is 38.8 Å². The number of hydrogen-bond acceptors (Lipinski definition) is 4. The van der Waals surface area contributed by atoms with Gasteiger partial charge in [0.15, 0.2) is 0 Å². The normalized spacial score (nSPS) is 17.5. The molecule has 2 rings (SSSR count). The Balaban J connectivity index is 2.31. The van der Waals surface area contributed by atoms with Crippen LogP contribution in [0.5, 0.6) is 0 Å². The van der Waals surface area contributed by atoms with Crippen molar-refractivity contribution in [2.24, 2.45) is 5.41 Å². The second-order valence-corrected chi connectivity index (χ2v) is 4.91. The Labute approximate surface area is 104 Å². The maximum absolute atomic E-state index is 11.8. The highest BCUT2D eigenvalue weighted by Gasteiger charge is 2.36. The molecular formula is C11H14N2O3S. The van der Waals surface area contributed by atoms with E-state index >= 15 is 0 Å². The van der Waals surface area contributed by atoms with Crippen LogP contribution < -0.4 is 5.56 Å². The molecule has 0 saturated heterocycles. The van der Waals surface area contributed by atoms with Crippen LogP contribution in [0, 0.1) is 15.5 Å². The highest BCUT2D eigenvalue weighted by Crippen LogP contribution is 2.42. The van der Waals surface area contributed by atoms with Crippen molar-refractivity contribution in [1.29, 1.82) is 0 Å². The zero-order valence-electron chi connectivity index (χ0n) is 9.33. The molecule has 0 aliphatic heterocycles. The van der Waals surface area contributed by atoms with E-state index in [1.165, 1.54) is 10.6 Å². The molecule has 5 nitrogen and oxygen atoms in total. The van der Waals surface area contributed by atoms with Gasteiger partial charge in [0.05, 0.1) is 4.92 Å². The minimum Gasteiger partial charge on any atom is -0.309 e. The number of aromatic nitrogens is 1. The summed E-state index contributed by atoms with van der Waals surface area (Å²) in [5.41, 5.74) is -0.839. The van der Waals surface area contributed by atoms with Gasteiger partial charge in [-0.25, -0.2) is 0 Å². The van der Waals surface area contributed by atoms with Gasteiger partial charge in [0.1, 0.15) is 0 Å². The van der Waals surface area contributed by atoms with Gasteiger partial charge in [0, 0.05) is 18.8 Å². The summed E-state index contributed by atoms with van der Waals surface area (Å²) in [6.07, 6.45) is 4.82. The van der Waals surface area contributed by atoms with Gasteiger partial charge in [-0.3, -0.25) is 14.9 Å². The van der Waals surface area contributed by atoms with Crippen LogP contribution in [0.1, 0.15) is 19.3 Å². The first-order valence-corrected chi connectivity index (χ1v) is 6.16. The SMILES string of the molecule is O=c1c([N+](=O)[O-])cccn1CC1(CS)CCC1. The van der Waals surface area contributed by atoms with Crippen molar-refractivity contribution in [3.63, 3.8) is 0 Å². The first kappa shape index (κ1) is 12.2. The lowest BCUT2D eigenvalue weighted by Crippen LogP contribution is -2.39. The minimum absolute atomic E-state index is 0.0438. The second-order valence-electron chi connectivity index (χ2n) is 4.60. The van der Waals surface area contributed by atoms with Crippen LogP contribution in [0.15, 0.2) is 23.1 Å². The smallest absolute Gasteiger partial charge is 0.309 e. The fourth-order valence-corrected chi connectivity index (χ4v) is 2.61. The van der Waals surface area contributed by atoms with E-state index in [2.05, 4.69) is 12.6 Å². The number of hydrogen-bond donors (Lipinski definition) is 1. The summed E-state index contributed by atoms with van der Waals surface area (Å²) < 4.78 is 1.44. The zero-order chi connectivity index (χ0) is 12.5. The summed E-state index contributed by atoms with van der Waals surface area (Å²) in [6, 6.07) is 2.79. The van der Waals surface area contributed by atoms with E-state index in [9.17, 15) is 14.9 Å². The first-order valence-electron chi connectivity index (χ1n) is 5.53. The van der Waals surface area contributed by atoms with E-state index in [-0.39, 0.29) is 11.1 Å². The predicted octanol–water partition coefficient (Wildman–Crippen LogP) is 1.86. The third-order valence-corrected chi connectivity index (χ3v) is 4.12. The molecule has 0 aromatic carbocycles. The molecule has 1 heterocycles. The van der Waals surface area contributed by atoms with Gasteiger partial charge in [0.25, 0.3) is 0 Å². The summed E-state index contributed by atoms with van der Waals surface area (Å²) in [5, 5.41) is 10.7. The molecule has 0 spiro atoms. The van der Waals surface area contributed by atoms with Crippen molar-refractivity contribution in [3.8, 4) is 0 Å². The van der Waals surface area contributed by atoms with Gasteiger partial charge in [-0.2, -0.15) is 12.6 Å². The van der Waals surface area contributed by atoms with Gasteiger partial charge in [-0.05, 0) is 30.1 Å². The van der Waals surface area contributed by atoms with Crippen LogP contribution in [-0.4, -0.2) is 15.2 Å². The number of rotatable bonds is 4. The van der Waals surface area contributed by atoms with E-state index < -0.39 is 10.5 Å². The molecule has 0 atom stereocenters. The van der Waals surface area contributed by atoms with Crippen LogP contribution >= 0.6 is 12.6 Å². The molecule has 1 aliphatic carbocycles.